The van der Waals surface area contributed by atoms with E-state index in [9.17, 15) is 4.79 Å². The molecule has 0 radical (unpaired) electrons. The first-order valence-corrected chi connectivity index (χ1v) is 8.17. The van der Waals surface area contributed by atoms with Gasteiger partial charge in [0.1, 0.15) is 13.2 Å². The number of ether oxygens (including phenoxy) is 2. The van der Waals surface area contributed by atoms with Crippen molar-refractivity contribution in [1.29, 1.82) is 0 Å². The van der Waals surface area contributed by atoms with Gasteiger partial charge in [-0.3, -0.25) is 4.79 Å². The highest BCUT2D eigenvalue weighted by Crippen LogP contribution is 2.38. The average Bonchev–Trinajstić information content (AvgIpc) is 2.59. The smallest absolute Gasteiger partial charge is 0.244 e. The Bertz CT molecular complexity index is 790. The molecule has 1 aliphatic heterocycles. The second-order valence-electron chi connectivity index (χ2n) is 5.17. The number of hydrogen-bond acceptors (Lipinski definition) is 3. The Kier molecular flexibility index (Phi) is 5.28. The number of amides is 1. The molecule has 0 aliphatic carbocycles. The van der Waals surface area contributed by atoms with Crippen LogP contribution in [0.2, 0.25) is 10.0 Å². The number of nitrogens with one attached hydrogen (secondary N) is 1. The third kappa shape index (κ3) is 4.02. The molecule has 2 aromatic rings. The summed E-state index contributed by atoms with van der Waals surface area (Å²) in [6.07, 6.45) is 3.12. The van der Waals surface area contributed by atoms with Gasteiger partial charge in [-0.25, -0.2) is 0 Å². The molecule has 0 atom stereocenters. The summed E-state index contributed by atoms with van der Waals surface area (Å²) in [6, 6.07) is 10.9. The average molecular weight is 364 g/mol. The molecule has 4 nitrogen and oxygen atoms in total. The molecular weight excluding hydrogens is 349 g/mol. The van der Waals surface area contributed by atoms with Crippen LogP contribution in [-0.4, -0.2) is 19.1 Å². The quantitative estimate of drug-likeness (QED) is 0.832. The molecule has 0 unspecified atom stereocenters. The number of fused-ring (bicyclic) bond motifs is 1. The molecule has 6 heteroatoms. The largest absolute Gasteiger partial charge is 0.486 e. The molecule has 0 aromatic heterocycles. The topological polar surface area (TPSA) is 47.6 Å². The first-order chi connectivity index (χ1) is 11.6. The lowest BCUT2D eigenvalue weighted by Gasteiger charge is -2.19. The maximum Gasteiger partial charge on any atom is 0.244 e. The summed E-state index contributed by atoms with van der Waals surface area (Å²) >= 11 is 12.2. The molecule has 24 heavy (non-hydrogen) atoms. The maximum absolute atomic E-state index is 11.9. The van der Waals surface area contributed by atoms with E-state index in [1.165, 1.54) is 6.08 Å². The van der Waals surface area contributed by atoms with Gasteiger partial charge >= 0.3 is 0 Å². The van der Waals surface area contributed by atoms with Crippen LogP contribution in [0.5, 0.6) is 11.5 Å². The summed E-state index contributed by atoms with van der Waals surface area (Å²) in [4.78, 5) is 11.9. The van der Waals surface area contributed by atoms with Gasteiger partial charge in [-0.2, -0.15) is 0 Å². The van der Waals surface area contributed by atoms with E-state index in [1.807, 2.05) is 18.2 Å². The van der Waals surface area contributed by atoms with Gasteiger partial charge in [0, 0.05) is 17.6 Å². The van der Waals surface area contributed by atoms with E-state index in [-0.39, 0.29) is 5.91 Å². The molecule has 0 bridgehead atoms. The van der Waals surface area contributed by atoms with Crippen molar-refractivity contribution in [1.82, 2.24) is 5.32 Å². The van der Waals surface area contributed by atoms with E-state index in [4.69, 9.17) is 32.7 Å². The summed E-state index contributed by atoms with van der Waals surface area (Å²) in [6.45, 7) is 1.33. The minimum Gasteiger partial charge on any atom is -0.486 e. The normalized spacial score (nSPS) is 13.1. The van der Waals surface area contributed by atoms with Gasteiger partial charge < -0.3 is 14.8 Å². The third-order valence-electron chi connectivity index (χ3n) is 3.46. The summed E-state index contributed by atoms with van der Waals surface area (Å²) in [7, 11) is 0. The van der Waals surface area contributed by atoms with Crippen molar-refractivity contribution in [3.05, 3.63) is 63.6 Å². The lowest BCUT2D eigenvalue weighted by atomic mass is 10.1. The van der Waals surface area contributed by atoms with Crippen LogP contribution in [0, 0.1) is 0 Å². The number of carbonyl (C=O) groups is 1. The zero-order valence-corrected chi connectivity index (χ0v) is 14.2. The molecule has 1 aliphatic rings. The van der Waals surface area contributed by atoms with Crippen LogP contribution in [0.4, 0.5) is 0 Å². The molecule has 2 aromatic carbocycles. The van der Waals surface area contributed by atoms with E-state index < -0.39 is 0 Å². The Labute approximate surface area is 150 Å². The zero-order valence-electron chi connectivity index (χ0n) is 12.7. The highest BCUT2D eigenvalue weighted by Gasteiger charge is 2.15. The number of hydrogen-bond donors (Lipinski definition) is 1. The van der Waals surface area contributed by atoms with Gasteiger partial charge in [0.05, 0.1) is 5.02 Å². The molecule has 3 rings (SSSR count). The molecular formula is C18H15Cl2NO3. The van der Waals surface area contributed by atoms with Crippen LogP contribution >= 0.6 is 23.2 Å². The van der Waals surface area contributed by atoms with Gasteiger partial charge in [-0.15, -0.1) is 0 Å². The molecule has 0 saturated carbocycles. The third-order valence-corrected chi connectivity index (χ3v) is 4.11. The van der Waals surface area contributed by atoms with Crippen molar-refractivity contribution >= 4 is 35.2 Å². The molecule has 1 heterocycles. The van der Waals surface area contributed by atoms with E-state index in [1.54, 1.807) is 24.3 Å². The van der Waals surface area contributed by atoms with Crippen LogP contribution < -0.4 is 14.8 Å². The molecule has 0 saturated heterocycles. The highest BCUT2D eigenvalue weighted by atomic mass is 35.5. The van der Waals surface area contributed by atoms with Gasteiger partial charge in [0.25, 0.3) is 0 Å². The SMILES string of the molecule is O=C(/C=C/c1cc(Cl)c2c(c1)OCCO2)NCc1ccccc1Cl. The van der Waals surface area contributed by atoms with Crippen molar-refractivity contribution < 1.29 is 14.3 Å². The molecule has 0 spiro atoms. The Morgan fingerprint density at radius 3 is 2.75 bits per heavy atom. The second kappa shape index (κ2) is 7.60. The Hall–Kier alpha value is -2.17. The molecule has 0 fully saturated rings. The van der Waals surface area contributed by atoms with Crippen molar-refractivity contribution in [2.45, 2.75) is 6.54 Å². The lowest BCUT2D eigenvalue weighted by Crippen LogP contribution is -2.20. The first-order valence-electron chi connectivity index (χ1n) is 7.42. The van der Waals surface area contributed by atoms with Crippen molar-refractivity contribution in [3.8, 4) is 11.5 Å². The first kappa shape index (κ1) is 16.7. The van der Waals surface area contributed by atoms with Crippen molar-refractivity contribution in [2.75, 3.05) is 13.2 Å². The fourth-order valence-corrected chi connectivity index (χ4v) is 2.76. The minimum absolute atomic E-state index is 0.221. The predicted molar refractivity (Wildman–Crippen MR) is 94.8 cm³/mol. The second-order valence-corrected chi connectivity index (χ2v) is 5.98. The standard InChI is InChI=1S/C18H15Cl2NO3/c19-14-4-2-1-3-13(14)11-21-17(22)6-5-12-9-15(20)18-16(10-12)23-7-8-24-18/h1-6,9-10H,7-8,11H2,(H,21,22)/b6-5+. The van der Waals surface area contributed by atoms with Gasteiger partial charge in [0.2, 0.25) is 5.91 Å². The number of halogens is 2. The van der Waals surface area contributed by atoms with Crippen LogP contribution in [0.15, 0.2) is 42.5 Å². The highest BCUT2D eigenvalue weighted by molar-refractivity contribution is 6.32. The Balaban J connectivity index is 1.64. The van der Waals surface area contributed by atoms with Gasteiger partial charge in [0.15, 0.2) is 11.5 Å². The lowest BCUT2D eigenvalue weighted by molar-refractivity contribution is -0.116. The number of rotatable bonds is 4. The van der Waals surface area contributed by atoms with Crippen LogP contribution in [0.25, 0.3) is 6.08 Å². The fraction of sp³-hybridized carbons (Fsp3) is 0.167. The van der Waals surface area contributed by atoms with Gasteiger partial charge in [-0.05, 0) is 35.4 Å². The number of benzene rings is 2. The monoisotopic (exact) mass is 363 g/mol. The van der Waals surface area contributed by atoms with E-state index in [0.717, 1.165) is 11.1 Å². The summed E-state index contributed by atoms with van der Waals surface area (Å²) < 4.78 is 11.0. The van der Waals surface area contributed by atoms with Crippen molar-refractivity contribution in [3.63, 3.8) is 0 Å². The molecule has 1 amide bonds. The molecule has 124 valence electrons. The van der Waals surface area contributed by atoms with Crippen LogP contribution in [0.1, 0.15) is 11.1 Å². The van der Waals surface area contributed by atoms with Gasteiger partial charge in [-0.1, -0.05) is 41.4 Å². The zero-order chi connectivity index (χ0) is 16.9. The predicted octanol–water partition coefficient (Wildman–Crippen LogP) is 4.09. The number of carbonyl (C=O) groups excluding carboxylic acids is 1. The summed E-state index contributed by atoms with van der Waals surface area (Å²) in [5.74, 6) is 0.911. The van der Waals surface area contributed by atoms with Crippen LogP contribution in [-0.2, 0) is 11.3 Å². The maximum atomic E-state index is 11.9. The minimum atomic E-state index is -0.221. The Morgan fingerprint density at radius 2 is 1.92 bits per heavy atom. The van der Waals surface area contributed by atoms with E-state index in [2.05, 4.69) is 5.32 Å². The van der Waals surface area contributed by atoms with E-state index >= 15 is 0 Å². The fourth-order valence-electron chi connectivity index (χ4n) is 2.28. The summed E-state index contributed by atoms with van der Waals surface area (Å²) in [5, 5.41) is 3.87. The van der Waals surface area contributed by atoms with Crippen molar-refractivity contribution in [2.24, 2.45) is 0 Å². The van der Waals surface area contributed by atoms with E-state index in [0.29, 0.717) is 41.3 Å². The summed E-state index contributed by atoms with van der Waals surface area (Å²) in [5.41, 5.74) is 1.63. The molecule has 1 N–H and O–H groups in total. The van der Waals surface area contributed by atoms with Crippen LogP contribution in [0.3, 0.4) is 0 Å². The Morgan fingerprint density at radius 1 is 1.12 bits per heavy atom.